The first-order valence-electron chi connectivity index (χ1n) is 14.8. The van der Waals surface area contributed by atoms with E-state index in [1.54, 1.807) is 6.08 Å². The van der Waals surface area contributed by atoms with Gasteiger partial charge in [0.25, 0.3) is 0 Å². The minimum Gasteiger partial charge on any atom is -0.393 e. The van der Waals surface area contributed by atoms with E-state index in [9.17, 15) is 15.3 Å². The molecule has 0 bridgehead atoms. The van der Waals surface area contributed by atoms with E-state index in [4.69, 9.17) is 8.22 Å². The molecule has 0 amide bonds. The molecule has 7 atom stereocenters. The number of fused-ring (bicyclic) bond motifs is 1. The fourth-order valence-corrected chi connectivity index (χ4v) is 6.22. The van der Waals surface area contributed by atoms with Crippen molar-refractivity contribution in [3.63, 3.8) is 0 Å². The molecule has 3 nitrogen and oxygen atoms in total. The summed E-state index contributed by atoms with van der Waals surface area (Å²) < 4.78 is 46.2. The molecule has 3 fully saturated rings. The van der Waals surface area contributed by atoms with Gasteiger partial charge in [0.2, 0.25) is 0 Å². The molecule has 0 unspecified atom stereocenters. The summed E-state index contributed by atoms with van der Waals surface area (Å²) >= 11 is 0. The van der Waals surface area contributed by atoms with E-state index in [1.165, 1.54) is 12.5 Å². The monoisotopic (exact) mass is 434 g/mol. The third kappa shape index (κ3) is 5.26. The topological polar surface area (TPSA) is 60.7 Å². The molecule has 0 aliphatic heterocycles. The van der Waals surface area contributed by atoms with Gasteiger partial charge in [0.1, 0.15) is 0 Å². The fourth-order valence-electron chi connectivity index (χ4n) is 6.22. The van der Waals surface area contributed by atoms with Crippen LogP contribution in [0, 0.1) is 29.1 Å². The van der Waals surface area contributed by atoms with Crippen molar-refractivity contribution in [3.8, 4) is 0 Å². The van der Waals surface area contributed by atoms with Crippen LogP contribution in [-0.4, -0.2) is 33.1 Å². The predicted octanol–water partition coefficient (Wildman–Crippen LogP) is 5.73. The molecule has 174 valence electrons. The predicted molar refractivity (Wildman–Crippen MR) is 128 cm³/mol. The average molecular weight is 435 g/mol. The van der Waals surface area contributed by atoms with Crippen LogP contribution in [0.2, 0.25) is 0 Å². The molecular weight excluding hydrogens is 384 g/mol. The standard InChI is InChI=1S/C28H44O3/c1-18(9-10-19(2)27(4,5)31)24-13-14-25-21(8-7-15-28(24,25)6)11-12-22-16-23(29)17-26(30)20(22)3/h9-12,18-19,23-26,29-31H,3,7-8,13-17H2,1-2,4-6H3/b10-9+,21-11+,22-12-/t18-,19+,23+,24-,25+,26+,28-/m1/s1/i4D3,5D3. The molecule has 3 aliphatic carbocycles. The van der Waals surface area contributed by atoms with Crippen LogP contribution in [0.15, 0.2) is 47.6 Å². The molecule has 31 heavy (non-hydrogen) atoms. The summed E-state index contributed by atoms with van der Waals surface area (Å²) in [4.78, 5) is 0. The summed E-state index contributed by atoms with van der Waals surface area (Å²) in [6.07, 6.45) is 12.5. The van der Waals surface area contributed by atoms with Crippen molar-refractivity contribution in [2.75, 3.05) is 0 Å². The molecule has 0 radical (unpaired) electrons. The van der Waals surface area contributed by atoms with Crippen LogP contribution in [0.25, 0.3) is 0 Å². The summed E-state index contributed by atoms with van der Waals surface area (Å²) in [6.45, 7) is 3.83. The lowest BCUT2D eigenvalue weighted by molar-refractivity contribution is 0.0436. The summed E-state index contributed by atoms with van der Waals surface area (Å²) in [6, 6.07) is 0. The molecule has 3 N–H and O–H groups in total. The average Bonchev–Trinajstić information content (AvgIpc) is 3.14. The Morgan fingerprint density at radius 1 is 1.19 bits per heavy atom. The quantitative estimate of drug-likeness (QED) is 0.485. The van der Waals surface area contributed by atoms with E-state index in [0.717, 1.165) is 37.7 Å². The van der Waals surface area contributed by atoms with Crippen molar-refractivity contribution < 1.29 is 23.5 Å². The van der Waals surface area contributed by atoms with Crippen molar-refractivity contribution in [1.82, 2.24) is 0 Å². The van der Waals surface area contributed by atoms with Crippen LogP contribution in [0.1, 0.15) is 87.6 Å². The molecular formula is C28H44O3. The number of hydrogen-bond donors (Lipinski definition) is 3. The fraction of sp³-hybridized carbons (Fsp3) is 0.714. The van der Waals surface area contributed by atoms with Gasteiger partial charge in [-0.1, -0.05) is 57.2 Å². The van der Waals surface area contributed by atoms with Gasteiger partial charge in [-0.3, -0.25) is 0 Å². The second-order valence-electron chi connectivity index (χ2n) is 10.5. The molecule has 0 aromatic heterocycles. The van der Waals surface area contributed by atoms with Crippen molar-refractivity contribution in [2.24, 2.45) is 29.1 Å². The Bertz CT molecular complexity index is 933. The van der Waals surface area contributed by atoms with Crippen LogP contribution >= 0.6 is 0 Å². The lowest BCUT2D eigenvalue weighted by atomic mass is 9.61. The molecule has 3 rings (SSSR count). The maximum absolute atomic E-state index is 10.8. The van der Waals surface area contributed by atoms with Crippen LogP contribution in [0.3, 0.4) is 0 Å². The van der Waals surface area contributed by atoms with Gasteiger partial charge in [-0.05, 0) is 86.5 Å². The van der Waals surface area contributed by atoms with E-state index in [-0.39, 0.29) is 11.3 Å². The molecule has 3 heteroatoms. The molecule has 0 saturated heterocycles. The van der Waals surface area contributed by atoms with E-state index in [0.29, 0.717) is 30.3 Å². The SMILES string of the molecule is [2H]C([2H])([2H])C(O)([C@@H](C)/C=C/[C@@H](C)[C@H]1CC[C@H]2/C(=C/C=C3/C[C@H](O)C[C@H](O)C3=C)CCC[C@]12C)C([2H])([2H])[2H]. The van der Waals surface area contributed by atoms with Crippen LogP contribution in [0.4, 0.5) is 0 Å². The summed E-state index contributed by atoms with van der Waals surface area (Å²) in [5, 5.41) is 31.0. The number of aliphatic hydroxyl groups excluding tert-OH is 2. The zero-order valence-corrected chi connectivity index (χ0v) is 19.3. The van der Waals surface area contributed by atoms with Crippen molar-refractivity contribution in [3.05, 3.63) is 47.6 Å². The zero-order valence-electron chi connectivity index (χ0n) is 25.3. The Morgan fingerprint density at radius 2 is 1.94 bits per heavy atom. The van der Waals surface area contributed by atoms with Gasteiger partial charge in [-0.25, -0.2) is 0 Å². The maximum atomic E-state index is 10.8. The van der Waals surface area contributed by atoms with Gasteiger partial charge in [0.05, 0.1) is 17.8 Å². The summed E-state index contributed by atoms with van der Waals surface area (Å²) in [7, 11) is 0. The first kappa shape index (κ1) is 17.3. The molecule has 0 aromatic rings. The number of allylic oxidation sites excluding steroid dienone is 4. The van der Waals surface area contributed by atoms with E-state index < -0.39 is 37.4 Å². The largest absolute Gasteiger partial charge is 0.393 e. The minimum atomic E-state index is -3.04. The van der Waals surface area contributed by atoms with Gasteiger partial charge >= 0.3 is 0 Å². The van der Waals surface area contributed by atoms with Gasteiger partial charge in [0, 0.05) is 20.6 Å². The molecule has 0 spiro atoms. The maximum Gasteiger partial charge on any atom is 0.0811 e. The van der Waals surface area contributed by atoms with E-state index in [2.05, 4.69) is 26.5 Å². The first-order valence-corrected chi connectivity index (χ1v) is 11.8. The zero-order chi connectivity index (χ0) is 28.0. The van der Waals surface area contributed by atoms with Crippen molar-refractivity contribution in [1.29, 1.82) is 0 Å². The lowest BCUT2D eigenvalue weighted by Gasteiger charge is -2.44. The highest BCUT2D eigenvalue weighted by atomic mass is 16.3. The Hall–Kier alpha value is -1.16. The Morgan fingerprint density at radius 3 is 2.65 bits per heavy atom. The van der Waals surface area contributed by atoms with Gasteiger partial charge < -0.3 is 15.3 Å². The van der Waals surface area contributed by atoms with Crippen molar-refractivity contribution >= 4 is 0 Å². The Balaban J connectivity index is 1.79. The lowest BCUT2D eigenvalue weighted by Crippen LogP contribution is -2.35. The third-order valence-corrected chi connectivity index (χ3v) is 8.30. The smallest absolute Gasteiger partial charge is 0.0811 e. The van der Waals surface area contributed by atoms with E-state index >= 15 is 0 Å². The Kier molecular flexibility index (Phi) is 5.24. The Labute approximate surface area is 198 Å². The highest BCUT2D eigenvalue weighted by molar-refractivity contribution is 5.38. The highest BCUT2D eigenvalue weighted by Crippen LogP contribution is 2.59. The summed E-state index contributed by atoms with van der Waals surface area (Å²) in [5.41, 5.74) is 0.225. The normalized spacial score (nSPS) is 43.0. The van der Waals surface area contributed by atoms with Crippen LogP contribution in [-0.2, 0) is 0 Å². The number of aliphatic hydroxyl groups is 3. The number of hydrogen-bond acceptors (Lipinski definition) is 3. The first-order chi connectivity index (χ1) is 16.9. The second-order valence-corrected chi connectivity index (χ2v) is 10.5. The van der Waals surface area contributed by atoms with Gasteiger partial charge in [-0.2, -0.15) is 0 Å². The van der Waals surface area contributed by atoms with E-state index in [1.807, 2.05) is 12.2 Å². The molecule has 3 aliphatic rings. The number of rotatable bonds is 5. The molecule has 0 heterocycles. The highest BCUT2D eigenvalue weighted by Gasteiger charge is 2.50. The molecule has 0 aromatic carbocycles. The minimum absolute atomic E-state index is 0.0581. The van der Waals surface area contributed by atoms with Crippen LogP contribution < -0.4 is 0 Å². The summed E-state index contributed by atoms with van der Waals surface area (Å²) in [5.74, 6) is -0.220. The third-order valence-electron chi connectivity index (χ3n) is 8.30. The molecule has 3 saturated carbocycles. The van der Waals surface area contributed by atoms with Gasteiger partial charge in [-0.15, -0.1) is 0 Å². The van der Waals surface area contributed by atoms with Crippen LogP contribution in [0.5, 0.6) is 0 Å². The second kappa shape index (κ2) is 9.37. The van der Waals surface area contributed by atoms with Crippen molar-refractivity contribution in [2.45, 2.75) is 97.2 Å². The van der Waals surface area contributed by atoms with Gasteiger partial charge in [0.15, 0.2) is 0 Å².